The zero-order chi connectivity index (χ0) is 14.8. The molecule has 6 heteroatoms. The summed E-state index contributed by atoms with van der Waals surface area (Å²) in [5.74, 6) is 0.602. The van der Waals surface area contributed by atoms with Crippen LogP contribution in [0.5, 0.6) is 5.75 Å². The number of rotatable bonds is 3. The van der Waals surface area contributed by atoms with E-state index < -0.39 is 5.91 Å². The Morgan fingerprint density at radius 3 is 2.67 bits per heavy atom. The average molecular weight is 284 g/mol. The summed E-state index contributed by atoms with van der Waals surface area (Å²) in [4.78, 5) is 15.7. The average Bonchev–Trinajstić information content (AvgIpc) is 2.97. The number of hydrogen-bond donors (Lipinski definition) is 2. The molecule has 2 aromatic carbocycles. The van der Waals surface area contributed by atoms with Gasteiger partial charge in [-0.2, -0.15) is 0 Å². The molecule has 0 radical (unpaired) electrons. The van der Waals surface area contributed by atoms with E-state index in [1.54, 1.807) is 24.7 Å². The first-order chi connectivity index (χ1) is 10.2. The first-order valence-corrected chi connectivity index (χ1v) is 6.20. The molecule has 0 aliphatic carbocycles. The van der Waals surface area contributed by atoms with E-state index in [2.05, 4.69) is 4.98 Å². The Morgan fingerprint density at radius 1 is 1.24 bits per heavy atom. The summed E-state index contributed by atoms with van der Waals surface area (Å²) in [5.41, 5.74) is 3.79. The van der Waals surface area contributed by atoms with Gasteiger partial charge in [0.05, 0.1) is 7.11 Å². The van der Waals surface area contributed by atoms with Crippen molar-refractivity contribution in [2.45, 2.75) is 0 Å². The fourth-order valence-corrected chi connectivity index (χ4v) is 1.99. The zero-order valence-electron chi connectivity index (χ0n) is 11.2. The summed E-state index contributed by atoms with van der Waals surface area (Å²) < 4.78 is 10.7. The van der Waals surface area contributed by atoms with Crippen LogP contribution in [0.1, 0.15) is 10.4 Å². The molecule has 1 aromatic heterocycles. The van der Waals surface area contributed by atoms with Crippen molar-refractivity contribution in [1.29, 1.82) is 0 Å². The van der Waals surface area contributed by atoms with E-state index in [4.69, 9.17) is 14.4 Å². The van der Waals surface area contributed by atoms with Gasteiger partial charge in [0.25, 0.3) is 5.91 Å². The van der Waals surface area contributed by atoms with Gasteiger partial charge in [-0.05, 0) is 42.5 Å². The second kappa shape index (κ2) is 5.26. The first kappa shape index (κ1) is 13.1. The van der Waals surface area contributed by atoms with E-state index in [1.807, 2.05) is 24.3 Å². The van der Waals surface area contributed by atoms with Crippen LogP contribution in [0.3, 0.4) is 0 Å². The Labute approximate surface area is 119 Å². The summed E-state index contributed by atoms with van der Waals surface area (Å²) in [7, 11) is 1.60. The molecule has 3 aromatic rings. The summed E-state index contributed by atoms with van der Waals surface area (Å²) in [6, 6.07) is 12.1. The molecular weight excluding hydrogens is 272 g/mol. The van der Waals surface area contributed by atoms with Crippen LogP contribution >= 0.6 is 0 Å². The predicted molar refractivity (Wildman–Crippen MR) is 75.2 cm³/mol. The fourth-order valence-electron chi connectivity index (χ4n) is 1.99. The maximum absolute atomic E-state index is 11.4. The lowest BCUT2D eigenvalue weighted by molar-refractivity contribution is 0.0706. The molecule has 6 nitrogen and oxygen atoms in total. The Balaban J connectivity index is 2.01. The number of hydroxylamine groups is 1. The second-order valence-corrected chi connectivity index (χ2v) is 4.37. The van der Waals surface area contributed by atoms with Crippen molar-refractivity contribution in [3.63, 3.8) is 0 Å². The molecule has 1 amide bonds. The molecule has 0 spiro atoms. The highest BCUT2D eigenvalue weighted by atomic mass is 16.5. The van der Waals surface area contributed by atoms with E-state index in [0.29, 0.717) is 22.6 Å². The monoisotopic (exact) mass is 284 g/mol. The lowest BCUT2D eigenvalue weighted by atomic mass is 10.2. The number of aromatic nitrogens is 1. The maximum atomic E-state index is 11.4. The van der Waals surface area contributed by atoms with Gasteiger partial charge in [-0.1, -0.05) is 0 Å². The number of oxazole rings is 1. The predicted octanol–water partition coefficient (Wildman–Crippen LogP) is 2.62. The van der Waals surface area contributed by atoms with Gasteiger partial charge in [0.1, 0.15) is 11.3 Å². The van der Waals surface area contributed by atoms with Gasteiger partial charge in [-0.3, -0.25) is 10.0 Å². The van der Waals surface area contributed by atoms with E-state index in [0.717, 1.165) is 11.3 Å². The zero-order valence-corrected chi connectivity index (χ0v) is 11.2. The van der Waals surface area contributed by atoms with Crippen molar-refractivity contribution in [3.8, 4) is 17.2 Å². The largest absolute Gasteiger partial charge is 0.497 e. The molecular formula is C15H12N2O4. The van der Waals surface area contributed by atoms with Crippen LogP contribution in [0.15, 0.2) is 46.9 Å². The Bertz CT molecular complexity index is 793. The minimum absolute atomic E-state index is 0.294. The van der Waals surface area contributed by atoms with Gasteiger partial charge in [-0.15, -0.1) is 0 Å². The first-order valence-electron chi connectivity index (χ1n) is 6.20. The lowest BCUT2D eigenvalue weighted by Gasteiger charge is -1.99. The van der Waals surface area contributed by atoms with Crippen LogP contribution in [0.4, 0.5) is 0 Å². The van der Waals surface area contributed by atoms with Crippen molar-refractivity contribution in [2.24, 2.45) is 0 Å². The summed E-state index contributed by atoms with van der Waals surface area (Å²) in [6.45, 7) is 0. The van der Waals surface area contributed by atoms with Crippen LogP contribution in [0, 0.1) is 0 Å². The topological polar surface area (TPSA) is 84.6 Å². The van der Waals surface area contributed by atoms with Gasteiger partial charge in [0.2, 0.25) is 5.89 Å². The third kappa shape index (κ3) is 2.44. The molecule has 0 saturated carbocycles. The Morgan fingerprint density at radius 2 is 2.00 bits per heavy atom. The summed E-state index contributed by atoms with van der Waals surface area (Å²) >= 11 is 0. The smallest absolute Gasteiger partial charge is 0.274 e. The molecule has 0 unspecified atom stereocenters. The third-order valence-electron chi connectivity index (χ3n) is 3.09. The van der Waals surface area contributed by atoms with Crippen LogP contribution in [0.25, 0.3) is 22.6 Å². The van der Waals surface area contributed by atoms with E-state index in [-0.39, 0.29) is 0 Å². The number of hydrogen-bond acceptors (Lipinski definition) is 5. The molecule has 106 valence electrons. The highest BCUT2D eigenvalue weighted by Crippen LogP contribution is 2.26. The molecule has 21 heavy (non-hydrogen) atoms. The number of nitrogens with zero attached hydrogens (tertiary/aromatic N) is 1. The minimum atomic E-state index is -0.598. The van der Waals surface area contributed by atoms with Crippen molar-refractivity contribution in [2.75, 3.05) is 7.11 Å². The van der Waals surface area contributed by atoms with E-state index >= 15 is 0 Å². The van der Waals surface area contributed by atoms with Crippen LogP contribution < -0.4 is 10.2 Å². The maximum Gasteiger partial charge on any atom is 0.274 e. The number of methoxy groups -OCH3 is 1. The summed E-state index contributed by atoms with van der Waals surface area (Å²) in [6.07, 6.45) is 0. The molecule has 1 heterocycles. The summed E-state index contributed by atoms with van der Waals surface area (Å²) in [5, 5.41) is 8.64. The van der Waals surface area contributed by atoms with Crippen LogP contribution in [-0.4, -0.2) is 23.2 Å². The number of nitrogens with one attached hydrogen (secondary N) is 1. The molecule has 0 aliphatic rings. The molecule has 3 rings (SSSR count). The van der Waals surface area contributed by atoms with Crippen molar-refractivity contribution < 1.29 is 19.2 Å². The van der Waals surface area contributed by atoms with E-state index in [1.165, 1.54) is 6.07 Å². The van der Waals surface area contributed by atoms with Gasteiger partial charge in [0.15, 0.2) is 5.58 Å². The highest BCUT2D eigenvalue weighted by Gasteiger charge is 2.11. The Hall–Kier alpha value is -2.86. The molecule has 0 atom stereocenters. The number of carbonyl (C=O) groups is 1. The van der Waals surface area contributed by atoms with Gasteiger partial charge in [0, 0.05) is 11.1 Å². The van der Waals surface area contributed by atoms with Crippen molar-refractivity contribution >= 4 is 17.0 Å². The standard InChI is InChI=1S/C15H12N2O4/c1-20-11-5-2-9(3-6-11)15-16-12-7-4-10(14(18)17-19)8-13(12)21-15/h2-8,19H,1H3,(H,17,18). The van der Waals surface area contributed by atoms with Crippen LogP contribution in [0.2, 0.25) is 0 Å². The molecule has 0 aliphatic heterocycles. The SMILES string of the molecule is COc1ccc(-c2nc3ccc(C(=O)NO)cc3o2)cc1. The normalized spacial score (nSPS) is 10.6. The van der Waals surface area contributed by atoms with Crippen molar-refractivity contribution in [1.82, 2.24) is 10.5 Å². The fraction of sp³-hybridized carbons (Fsp3) is 0.0667. The molecule has 0 bridgehead atoms. The van der Waals surface area contributed by atoms with Gasteiger partial charge < -0.3 is 9.15 Å². The lowest BCUT2D eigenvalue weighted by Crippen LogP contribution is -2.18. The van der Waals surface area contributed by atoms with Gasteiger partial charge >= 0.3 is 0 Å². The van der Waals surface area contributed by atoms with Crippen LogP contribution in [-0.2, 0) is 0 Å². The Kier molecular flexibility index (Phi) is 3.29. The number of benzene rings is 2. The van der Waals surface area contributed by atoms with Crippen molar-refractivity contribution in [3.05, 3.63) is 48.0 Å². The third-order valence-corrected chi connectivity index (χ3v) is 3.09. The van der Waals surface area contributed by atoms with Gasteiger partial charge in [-0.25, -0.2) is 10.5 Å². The quantitative estimate of drug-likeness (QED) is 0.570. The highest BCUT2D eigenvalue weighted by molar-refractivity contribution is 5.96. The number of carbonyl (C=O) groups excluding carboxylic acids is 1. The molecule has 2 N–H and O–H groups in total. The number of fused-ring (bicyclic) bond motifs is 1. The number of ether oxygens (including phenoxy) is 1. The molecule has 0 fully saturated rings. The second-order valence-electron chi connectivity index (χ2n) is 4.37. The van der Waals surface area contributed by atoms with E-state index in [9.17, 15) is 4.79 Å². The minimum Gasteiger partial charge on any atom is -0.497 e. The molecule has 0 saturated heterocycles. The number of amides is 1.